The Balaban J connectivity index is 1.48. The van der Waals surface area contributed by atoms with Gasteiger partial charge in [-0.3, -0.25) is 9.69 Å². The van der Waals surface area contributed by atoms with Crippen LogP contribution in [0, 0.1) is 45.8 Å². The molecule has 0 aromatic heterocycles. The number of nitrogens with zero attached hydrogens (tertiary/aromatic N) is 1. The average Bonchev–Trinajstić information content (AvgIpc) is 2.83. The number of esters is 1. The van der Waals surface area contributed by atoms with E-state index in [-0.39, 0.29) is 46.9 Å². The Hall–Kier alpha value is -1.02. The minimum absolute atomic E-state index is 0.0196. The van der Waals surface area contributed by atoms with E-state index >= 15 is 0 Å². The molecule has 220 valence electrons. The van der Waals surface area contributed by atoms with Crippen LogP contribution in [-0.2, 0) is 14.3 Å². The average molecular weight is 537 g/mol. The second kappa shape index (κ2) is 13.1. The van der Waals surface area contributed by atoms with Gasteiger partial charge in [0, 0.05) is 31.8 Å². The van der Waals surface area contributed by atoms with Crippen molar-refractivity contribution in [3.63, 3.8) is 0 Å². The smallest absolute Gasteiger partial charge is 0.309 e. The number of morpholine rings is 1. The number of aliphatic hydroxyl groups excluding tert-OH is 2. The first-order chi connectivity index (χ1) is 17.7. The van der Waals surface area contributed by atoms with Crippen LogP contribution in [-0.4, -0.2) is 78.0 Å². The number of nitrogens with one attached hydrogen (secondary N) is 1. The van der Waals surface area contributed by atoms with Crippen LogP contribution in [0.2, 0.25) is 0 Å². The Morgan fingerprint density at radius 1 is 0.974 bits per heavy atom. The van der Waals surface area contributed by atoms with E-state index < -0.39 is 18.3 Å². The highest BCUT2D eigenvalue weighted by Crippen LogP contribution is 2.49. The van der Waals surface area contributed by atoms with Crippen LogP contribution in [0.1, 0.15) is 93.4 Å². The molecule has 4 atom stereocenters. The molecule has 2 saturated carbocycles. The number of ether oxygens (including phenoxy) is 2. The first-order valence-electron chi connectivity index (χ1n) is 15.1. The molecule has 1 aliphatic heterocycles. The van der Waals surface area contributed by atoms with E-state index in [1.54, 1.807) is 6.92 Å². The lowest BCUT2D eigenvalue weighted by molar-refractivity contribution is -0.160. The van der Waals surface area contributed by atoms with Crippen molar-refractivity contribution in [2.75, 3.05) is 32.8 Å². The maximum atomic E-state index is 12.9. The van der Waals surface area contributed by atoms with Crippen molar-refractivity contribution in [2.45, 2.75) is 112 Å². The molecule has 0 aromatic carbocycles. The number of carbonyl (C=O) groups excluding carboxylic acids is 1. The SMILES string of the molecule is CC(OC(=O)C1CCC(CN2CCOCC2)CC1)[C@@H](O)CC(=N)C1CC(C(C)(C)C)C(O)C(C(C)(C)C)C1. The van der Waals surface area contributed by atoms with Gasteiger partial charge in [-0.15, -0.1) is 0 Å². The summed E-state index contributed by atoms with van der Waals surface area (Å²) < 4.78 is 11.2. The van der Waals surface area contributed by atoms with Crippen molar-refractivity contribution >= 4 is 11.7 Å². The molecule has 38 heavy (non-hydrogen) atoms. The number of hydrogen-bond donors (Lipinski definition) is 3. The van der Waals surface area contributed by atoms with Crippen LogP contribution in [0.25, 0.3) is 0 Å². The van der Waals surface area contributed by atoms with E-state index in [1.807, 2.05) is 0 Å². The van der Waals surface area contributed by atoms with Gasteiger partial charge >= 0.3 is 5.97 Å². The van der Waals surface area contributed by atoms with Crippen LogP contribution in [0.3, 0.4) is 0 Å². The zero-order valence-corrected chi connectivity index (χ0v) is 25.2. The lowest BCUT2D eigenvalue weighted by atomic mass is 9.58. The second-order valence-electron chi connectivity index (χ2n) is 14.7. The number of rotatable bonds is 8. The molecule has 1 saturated heterocycles. The fraction of sp³-hybridized carbons (Fsp3) is 0.935. The van der Waals surface area contributed by atoms with Crippen LogP contribution < -0.4 is 0 Å². The van der Waals surface area contributed by atoms with E-state index in [0.29, 0.717) is 11.6 Å². The highest BCUT2D eigenvalue weighted by molar-refractivity contribution is 5.84. The lowest BCUT2D eigenvalue weighted by Gasteiger charge is -2.49. The topological polar surface area (TPSA) is 103 Å². The van der Waals surface area contributed by atoms with Gasteiger partial charge in [0.25, 0.3) is 0 Å². The second-order valence-corrected chi connectivity index (χ2v) is 14.7. The summed E-state index contributed by atoms with van der Waals surface area (Å²) in [5.41, 5.74) is 0.383. The largest absolute Gasteiger partial charge is 0.460 e. The van der Waals surface area contributed by atoms with Gasteiger partial charge in [0.2, 0.25) is 0 Å². The Labute approximate surface area is 231 Å². The molecule has 0 bridgehead atoms. The van der Waals surface area contributed by atoms with Crippen molar-refractivity contribution in [3.8, 4) is 0 Å². The summed E-state index contributed by atoms with van der Waals surface area (Å²) in [6.45, 7) is 19.5. The molecule has 3 unspecified atom stereocenters. The Morgan fingerprint density at radius 2 is 1.50 bits per heavy atom. The summed E-state index contributed by atoms with van der Waals surface area (Å²) in [5, 5.41) is 31.0. The molecule has 2 aliphatic carbocycles. The summed E-state index contributed by atoms with van der Waals surface area (Å²) in [5.74, 6) is 0.544. The van der Waals surface area contributed by atoms with Crippen LogP contribution in [0.5, 0.6) is 0 Å². The Morgan fingerprint density at radius 3 is 2.00 bits per heavy atom. The summed E-state index contributed by atoms with van der Waals surface area (Å²) in [6.07, 6.45) is 3.56. The zero-order valence-electron chi connectivity index (χ0n) is 25.2. The summed E-state index contributed by atoms with van der Waals surface area (Å²) in [4.78, 5) is 15.4. The third-order valence-corrected chi connectivity index (χ3v) is 9.69. The maximum absolute atomic E-state index is 12.9. The van der Waals surface area contributed by atoms with Crippen LogP contribution in [0.4, 0.5) is 0 Å². The van der Waals surface area contributed by atoms with Gasteiger partial charge in [-0.1, -0.05) is 41.5 Å². The molecular formula is C31H56N2O5. The lowest BCUT2D eigenvalue weighted by Crippen LogP contribution is -2.49. The van der Waals surface area contributed by atoms with Gasteiger partial charge in [0.15, 0.2) is 0 Å². The molecule has 1 heterocycles. The fourth-order valence-corrected chi connectivity index (χ4v) is 6.93. The highest BCUT2D eigenvalue weighted by Gasteiger charge is 2.47. The van der Waals surface area contributed by atoms with E-state index in [0.717, 1.165) is 71.4 Å². The fourth-order valence-electron chi connectivity index (χ4n) is 6.93. The summed E-state index contributed by atoms with van der Waals surface area (Å²) in [7, 11) is 0. The predicted octanol–water partition coefficient (Wildman–Crippen LogP) is 4.92. The Kier molecular flexibility index (Phi) is 10.9. The van der Waals surface area contributed by atoms with Crippen molar-refractivity contribution in [2.24, 2.45) is 40.4 Å². The van der Waals surface area contributed by atoms with E-state index in [9.17, 15) is 15.0 Å². The molecule has 3 rings (SSSR count). The van der Waals surface area contributed by atoms with Crippen molar-refractivity contribution < 1.29 is 24.5 Å². The maximum Gasteiger partial charge on any atom is 0.309 e. The molecule has 0 amide bonds. The number of carbonyl (C=O) groups is 1. The van der Waals surface area contributed by atoms with E-state index in [2.05, 4.69) is 46.4 Å². The molecule has 3 fully saturated rings. The molecule has 3 aliphatic rings. The van der Waals surface area contributed by atoms with Gasteiger partial charge in [0.05, 0.1) is 31.3 Å². The zero-order chi connectivity index (χ0) is 28.3. The van der Waals surface area contributed by atoms with Crippen LogP contribution in [0.15, 0.2) is 0 Å². The number of hydrogen-bond acceptors (Lipinski definition) is 7. The van der Waals surface area contributed by atoms with Gasteiger partial charge in [-0.05, 0) is 80.0 Å². The minimum atomic E-state index is -0.892. The summed E-state index contributed by atoms with van der Waals surface area (Å²) >= 11 is 0. The predicted molar refractivity (Wildman–Crippen MR) is 151 cm³/mol. The van der Waals surface area contributed by atoms with E-state index in [4.69, 9.17) is 14.9 Å². The number of aliphatic hydroxyl groups is 2. The van der Waals surface area contributed by atoms with Crippen molar-refractivity contribution in [1.29, 1.82) is 5.41 Å². The monoisotopic (exact) mass is 536 g/mol. The van der Waals surface area contributed by atoms with Crippen molar-refractivity contribution in [3.05, 3.63) is 0 Å². The highest BCUT2D eigenvalue weighted by atomic mass is 16.6. The van der Waals surface area contributed by atoms with Crippen molar-refractivity contribution in [1.82, 2.24) is 4.90 Å². The standard InChI is InChI=1S/C31H56N2O5/c1-20(38-29(36)22-10-8-21(9-11-22)19-33-12-14-37-15-13-33)27(34)18-26(32)23-16-24(30(2,3)4)28(35)25(17-23)31(5,6)7/h20-25,27-28,32,34-35H,8-19H2,1-7H3/t20?,21?,22?,23?,24?,25?,27-,28?/m0/s1. The summed E-state index contributed by atoms with van der Waals surface area (Å²) in [6, 6.07) is 0. The van der Waals surface area contributed by atoms with Gasteiger partial charge < -0.3 is 25.1 Å². The van der Waals surface area contributed by atoms with Crippen LogP contribution >= 0.6 is 0 Å². The first kappa shape index (κ1) is 31.5. The van der Waals surface area contributed by atoms with Gasteiger partial charge in [0.1, 0.15) is 6.10 Å². The third-order valence-electron chi connectivity index (χ3n) is 9.69. The first-order valence-corrected chi connectivity index (χ1v) is 15.1. The normalized spacial score (nSPS) is 33.4. The quantitative estimate of drug-likeness (QED) is 0.300. The molecule has 7 nitrogen and oxygen atoms in total. The molecule has 0 aromatic rings. The van der Waals surface area contributed by atoms with Gasteiger partial charge in [-0.2, -0.15) is 0 Å². The molecular weight excluding hydrogens is 480 g/mol. The molecule has 0 radical (unpaired) electrons. The van der Waals surface area contributed by atoms with Gasteiger partial charge in [-0.25, -0.2) is 0 Å². The Bertz CT molecular complexity index is 750. The molecule has 0 spiro atoms. The van der Waals surface area contributed by atoms with E-state index in [1.165, 1.54) is 0 Å². The third kappa shape index (κ3) is 8.49. The molecule has 3 N–H and O–H groups in total. The molecule has 7 heteroatoms. The minimum Gasteiger partial charge on any atom is -0.460 e.